The van der Waals surface area contributed by atoms with Crippen LogP contribution in [0.3, 0.4) is 0 Å². The minimum Gasteiger partial charge on any atom is -0.489 e. The largest absolute Gasteiger partial charge is 0.489 e. The lowest BCUT2D eigenvalue weighted by Gasteiger charge is -2.43. The molecule has 1 N–H and O–H groups in total. The number of likely N-dealkylation sites (tertiary alicyclic amines) is 1. The van der Waals surface area contributed by atoms with Gasteiger partial charge in [-0.15, -0.1) is 11.3 Å². The first kappa shape index (κ1) is 45.8. The van der Waals surface area contributed by atoms with Gasteiger partial charge >= 0.3 is 0 Å². The maximum Gasteiger partial charge on any atom is 0.270 e. The van der Waals surface area contributed by atoms with Crippen LogP contribution < -0.4 is 14.8 Å². The second kappa shape index (κ2) is 21.5. The highest BCUT2D eigenvalue weighted by Gasteiger charge is 2.34. The maximum absolute atomic E-state index is 13.9. The number of carbonyl (C=O) groups is 2. The van der Waals surface area contributed by atoms with Gasteiger partial charge in [-0.25, -0.2) is 8.78 Å². The normalized spacial score (nSPS) is 20.4. The molecule has 0 spiro atoms. The van der Waals surface area contributed by atoms with E-state index in [1.807, 2.05) is 35.4 Å². The third-order valence-electron chi connectivity index (χ3n) is 12.2. The van der Waals surface area contributed by atoms with Crippen molar-refractivity contribution in [2.24, 2.45) is 7.05 Å². The monoisotopic (exact) mass is 908 g/mol. The number of hydrogen-bond acceptors (Lipinski definition) is 14. The van der Waals surface area contributed by atoms with Crippen molar-refractivity contribution in [2.45, 2.75) is 57.5 Å². The highest BCUT2D eigenvalue weighted by atomic mass is 32.1. The lowest BCUT2D eigenvalue weighted by atomic mass is 10.1. The summed E-state index contributed by atoms with van der Waals surface area (Å²) in [6, 6.07) is 9.62. The molecule has 5 aromatic rings. The van der Waals surface area contributed by atoms with Crippen molar-refractivity contribution in [3.63, 3.8) is 0 Å². The molecule has 1 aromatic carbocycles. The number of benzene rings is 1. The van der Waals surface area contributed by atoms with Crippen LogP contribution in [0.25, 0.3) is 21.1 Å². The fraction of sp³-hybridized carbons (Fsp3) is 0.556. The van der Waals surface area contributed by atoms with Crippen LogP contribution in [0.4, 0.5) is 8.78 Å². The Balaban J connectivity index is 0.663. The van der Waals surface area contributed by atoms with E-state index >= 15 is 0 Å². The van der Waals surface area contributed by atoms with Crippen molar-refractivity contribution in [3.05, 3.63) is 71.1 Å². The van der Waals surface area contributed by atoms with Crippen molar-refractivity contribution in [1.82, 2.24) is 39.6 Å². The molecule has 4 aromatic heterocycles. The smallest absolute Gasteiger partial charge is 0.270 e. The number of amides is 2. The third kappa shape index (κ3) is 11.4. The summed E-state index contributed by atoms with van der Waals surface area (Å²) < 4.78 is 65.4. The van der Waals surface area contributed by atoms with Crippen LogP contribution in [-0.2, 0) is 32.6 Å². The molecule has 7 heterocycles. The summed E-state index contributed by atoms with van der Waals surface area (Å²) in [4.78, 5) is 39.6. The number of piperazine rings is 2. The number of rotatable bonds is 19. The number of nitrogens with one attached hydrogen (secondary N) is 1. The predicted molar refractivity (Wildman–Crippen MR) is 236 cm³/mol. The number of ether oxygens (including phenoxy) is 5. The molecule has 3 aliphatic heterocycles. The summed E-state index contributed by atoms with van der Waals surface area (Å²) in [5, 5.41) is 10.1. The standard InChI is InChI=1S/C45H58F2N8O8S/c1-30-25-54(28-43(56)55-12-11-53(26-31(55)2)45(57)40-21-32-20-36(46)37(47)23-39(32)51(40)3)33(24-49-30)29-60-16-15-58-13-14-59-17-18-61-42-22-35(63-50-42)27-52-9-5-34(6-10-52)62-41-4-8-48-38-7-19-64-44(38)41/h4,7-8,19-23,30-31,33-34,49H,5-6,9-18,24-29H2,1-3H3/t30-,31-,33-/m1/s1. The SMILES string of the molecule is C[C@@H]1CN(CC(=O)N2CCN(C(=O)c3cc4cc(F)c(F)cc4n3C)C[C@H]2C)[C@@H](COCCOCCOCCOc2cc(CN3CCC(Oc4ccnc5ccsc45)CC3)on2)CN1. The number of carbonyl (C=O) groups excluding carboxylic acids is 2. The third-order valence-corrected chi connectivity index (χ3v) is 13.1. The lowest BCUT2D eigenvalue weighted by molar-refractivity contribution is -0.138. The number of hydrogen-bond donors (Lipinski definition) is 1. The average molecular weight is 909 g/mol. The predicted octanol–water partition coefficient (Wildman–Crippen LogP) is 4.56. The molecule has 16 nitrogen and oxygen atoms in total. The molecule has 0 bridgehead atoms. The fourth-order valence-electron chi connectivity index (χ4n) is 8.69. The van der Waals surface area contributed by atoms with Gasteiger partial charge in [-0.05, 0) is 61.5 Å². The van der Waals surface area contributed by atoms with Gasteiger partial charge in [0.15, 0.2) is 17.4 Å². The van der Waals surface area contributed by atoms with Crippen LogP contribution in [0.15, 0.2) is 52.5 Å². The Kier molecular flexibility index (Phi) is 15.4. The van der Waals surface area contributed by atoms with E-state index in [2.05, 4.69) is 32.2 Å². The Morgan fingerprint density at radius 3 is 2.48 bits per heavy atom. The van der Waals surface area contributed by atoms with Crippen LogP contribution in [0, 0.1) is 11.6 Å². The molecule has 0 radical (unpaired) electrons. The van der Waals surface area contributed by atoms with E-state index in [1.165, 1.54) is 0 Å². The van der Waals surface area contributed by atoms with Gasteiger partial charge in [0.1, 0.15) is 24.2 Å². The average Bonchev–Trinajstić information content (AvgIpc) is 4.03. The van der Waals surface area contributed by atoms with E-state index in [1.54, 1.807) is 40.1 Å². The second-order valence-electron chi connectivity index (χ2n) is 16.8. The van der Waals surface area contributed by atoms with Crippen LogP contribution in [0.1, 0.15) is 42.9 Å². The first-order valence-corrected chi connectivity index (χ1v) is 23.0. The summed E-state index contributed by atoms with van der Waals surface area (Å²) in [6.45, 7) is 12.1. The highest BCUT2D eigenvalue weighted by Crippen LogP contribution is 2.31. The molecule has 2 amide bonds. The first-order chi connectivity index (χ1) is 31.1. The van der Waals surface area contributed by atoms with Gasteiger partial charge in [0.2, 0.25) is 5.91 Å². The zero-order valence-corrected chi connectivity index (χ0v) is 37.5. The Bertz CT molecular complexity index is 2340. The van der Waals surface area contributed by atoms with Crippen molar-refractivity contribution in [1.29, 1.82) is 0 Å². The Morgan fingerprint density at radius 1 is 0.922 bits per heavy atom. The Labute approximate surface area is 375 Å². The quantitative estimate of drug-likeness (QED) is 0.116. The number of piperidine rings is 1. The van der Waals surface area contributed by atoms with Crippen LogP contribution in [-0.4, -0.2) is 169 Å². The number of aryl methyl sites for hydroxylation is 1. The zero-order valence-electron chi connectivity index (χ0n) is 36.7. The summed E-state index contributed by atoms with van der Waals surface area (Å²) >= 11 is 1.66. The van der Waals surface area contributed by atoms with Crippen molar-refractivity contribution < 1.29 is 46.6 Å². The Hall–Kier alpha value is -4.76. The van der Waals surface area contributed by atoms with Crippen LogP contribution in [0.2, 0.25) is 0 Å². The molecule has 346 valence electrons. The number of nitrogens with zero attached hydrogens (tertiary/aromatic N) is 7. The summed E-state index contributed by atoms with van der Waals surface area (Å²) in [6.07, 6.45) is 3.84. The molecular formula is C45H58F2N8O8S. The number of pyridine rings is 1. The minimum atomic E-state index is -0.960. The molecule has 64 heavy (non-hydrogen) atoms. The minimum absolute atomic E-state index is 0.00417. The first-order valence-electron chi connectivity index (χ1n) is 22.1. The van der Waals surface area contributed by atoms with E-state index in [9.17, 15) is 18.4 Å². The topological polar surface area (TPSA) is 149 Å². The number of thiophene rings is 1. The maximum atomic E-state index is 13.9. The number of aromatic nitrogens is 3. The zero-order chi connectivity index (χ0) is 44.6. The summed E-state index contributed by atoms with van der Waals surface area (Å²) in [7, 11) is 1.66. The highest BCUT2D eigenvalue weighted by molar-refractivity contribution is 7.17. The van der Waals surface area contributed by atoms with E-state index in [4.69, 9.17) is 28.2 Å². The van der Waals surface area contributed by atoms with E-state index in [0.29, 0.717) is 108 Å². The summed E-state index contributed by atoms with van der Waals surface area (Å²) in [5.74, 6) is -0.0389. The van der Waals surface area contributed by atoms with Gasteiger partial charge < -0.3 is 47.9 Å². The molecule has 19 heteroatoms. The molecule has 3 fully saturated rings. The van der Waals surface area contributed by atoms with E-state index in [-0.39, 0.29) is 42.6 Å². The van der Waals surface area contributed by atoms with Gasteiger partial charge in [0.05, 0.1) is 68.5 Å². The molecule has 8 rings (SSSR count). The molecule has 0 saturated carbocycles. The summed E-state index contributed by atoms with van der Waals surface area (Å²) in [5.41, 5.74) is 1.76. The van der Waals surface area contributed by atoms with Crippen molar-refractivity contribution in [2.75, 3.05) is 98.6 Å². The lowest BCUT2D eigenvalue weighted by Crippen LogP contribution is -2.61. The van der Waals surface area contributed by atoms with Gasteiger partial charge in [-0.1, -0.05) is 0 Å². The number of halogens is 2. The van der Waals surface area contributed by atoms with Crippen molar-refractivity contribution >= 4 is 44.3 Å². The molecule has 3 atom stereocenters. The molecule has 0 unspecified atom stereocenters. The Morgan fingerprint density at radius 2 is 1.69 bits per heavy atom. The molecule has 3 aliphatic rings. The van der Waals surface area contributed by atoms with Gasteiger partial charge in [0, 0.05) is 94.7 Å². The van der Waals surface area contributed by atoms with E-state index < -0.39 is 11.6 Å². The second-order valence-corrected chi connectivity index (χ2v) is 17.7. The molecular weight excluding hydrogens is 851 g/mol. The van der Waals surface area contributed by atoms with E-state index in [0.717, 1.165) is 59.8 Å². The molecule has 0 aliphatic carbocycles. The molecule has 3 saturated heterocycles. The van der Waals surface area contributed by atoms with Crippen molar-refractivity contribution in [3.8, 4) is 11.6 Å². The number of fused-ring (bicyclic) bond motifs is 2. The fourth-order valence-corrected chi connectivity index (χ4v) is 9.50. The van der Waals surface area contributed by atoms with Gasteiger partial charge in [-0.3, -0.25) is 24.4 Å². The van der Waals surface area contributed by atoms with Gasteiger partial charge in [0.25, 0.3) is 11.8 Å². The van der Waals surface area contributed by atoms with Gasteiger partial charge in [-0.2, -0.15) is 0 Å². The van der Waals surface area contributed by atoms with Crippen LogP contribution >= 0.6 is 11.3 Å². The van der Waals surface area contributed by atoms with Crippen LogP contribution in [0.5, 0.6) is 11.6 Å².